The van der Waals surface area contributed by atoms with E-state index in [1.165, 1.54) is 22.8 Å². The van der Waals surface area contributed by atoms with E-state index in [9.17, 15) is 23.1 Å². The normalized spacial score (nSPS) is 20.0. The molecule has 0 radical (unpaired) electrons. The molecule has 3 heterocycles. The highest BCUT2D eigenvalue weighted by molar-refractivity contribution is 7.90. The van der Waals surface area contributed by atoms with E-state index in [0.29, 0.717) is 42.9 Å². The van der Waals surface area contributed by atoms with Gasteiger partial charge in [-0.1, -0.05) is 11.6 Å². The predicted octanol–water partition coefficient (Wildman–Crippen LogP) is 3.05. The van der Waals surface area contributed by atoms with Gasteiger partial charge in [0.15, 0.2) is 9.84 Å². The Hall–Kier alpha value is -2.36. The summed E-state index contributed by atoms with van der Waals surface area (Å²) in [7, 11) is -3.78. The number of hydrogen-bond donors (Lipinski definition) is 1. The molecule has 1 aliphatic carbocycles. The smallest absolute Gasteiger partial charge is 0.341 e. The van der Waals surface area contributed by atoms with Crippen LogP contribution in [0, 0.1) is 0 Å². The fourth-order valence-electron chi connectivity index (χ4n) is 4.26. The van der Waals surface area contributed by atoms with Gasteiger partial charge in [-0.3, -0.25) is 4.79 Å². The van der Waals surface area contributed by atoms with Crippen LogP contribution in [-0.4, -0.2) is 43.4 Å². The number of sulfone groups is 1. The largest absolute Gasteiger partial charge is 0.489 e. The third-order valence-electron chi connectivity index (χ3n) is 5.89. The number of halogens is 1. The summed E-state index contributed by atoms with van der Waals surface area (Å²) in [6.07, 6.45) is 2.71. The summed E-state index contributed by atoms with van der Waals surface area (Å²) in [5.41, 5.74) is -0.00792. The molecule has 1 saturated heterocycles. The van der Waals surface area contributed by atoms with Crippen LogP contribution in [0.5, 0.6) is 5.75 Å². The Labute approximate surface area is 183 Å². The second-order valence-corrected chi connectivity index (χ2v) is 10.5. The van der Waals surface area contributed by atoms with Crippen LogP contribution in [-0.2, 0) is 20.3 Å². The number of aromatic carboxylic acids is 1. The summed E-state index contributed by atoms with van der Waals surface area (Å²) in [5.74, 6) is -1.48. The van der Waals surface area contributed by atoms with Crippen LogP contribution in [0.15, 0.2) is 27.9 Å². The minimum atomic E-state index is -3.78. The average molecular weight is 466 g/mol. The maximum Gasteiger partial charge on any atom is 0.341 e. The van der Waals surface area contributed by atoms with Crippen molar-refractivity contribution in [2.45, 2.75) is 48.5 Å². The molecule has 5 rings (SSSR count). The summed E-state index contributed by atoms with van der Waals surface area (Å²) in [6, 6.07) is 3.98. The molecule has 2 aromatic rings. The van der Waals surface area contributed by atoms with Crippen LogP contribution in [0.4, 0.5) is 0 Å². The molecule has 3 aliphatic rings. The monoisotopic (exact) mass is 465 g/mol. The van der Waals surface area contributed by atoms with Gasteiger partial charge in [-0.05, 0) is 30.5 Å². The van der Waals surface area contributed by atoms with E-state index in [0.717, 1.165) is 12.8 Å². The molecule has 1 aromatic heterocycles. The number of hydrogen-bond acceptors (Lipinski definition) is 6. The van der Waals surface area contributed by atoms with Crippen molar-refractivity contribution in [3.63, 3.8) is 0 Å². The SMILES string of the molecule is O=C(O)c1cc2c(n(C3CC3)c1=O)-c1cc(Cl)c(OC3CCOCC3)cc1S(=O)(=O)C2. The van der Waals surface area contributed by atoms with Crippen molar-refractivity contribution in [1.29, 1.82) is 0 Å². The van der Waals surface area contributed by atoms with Crippen LogP contribution < -0.4 is 10.3 Å². The molecule has 2 fully saturated rings. The Balaban J connectivity index is 1.70. The minimum Gasteiger partial charge on any atom is -0.489 e. The number of benzene rings is 1. The number of carbonyl (C=O) groups is 1. The summed E-state index contributed by atoms with van der Waals surface area (Å²) in [4.78, 5) is 24.5. The molecule has 0 spiro atoms. The number of rotatable bonds is 4. The molecule has 0 atom stereocenters. The first-order valence-electron chi connectivity index (χ1n) is 10.1. The van der Waals surface area contributed by atoms with Crippen LogP contribution in [0.3, 0.4) is 0 Å². The molecule has 0 bridgehead atoms. The van der Waals surface area contributed by atoms with Crippen molar-refractivity contribution < 1.29 is 27.8 Å². The summed E-state index contributed by atoms with van der Waals surface area (Å²) < 4.78 is 38.9. The lowest BCUT2D eigenvalue weighted by molar-refractivity contribution is 0.0255. The van der Waals surface area contributed by atoms with E-state index in [-0.39, 0.29) is 33.6 Å². The number of aromatic nitrogens is 1. The molecule has 0 unspecified atom stereocenters. The molecule has 2 aliphatic heterocycles. The minimum absolute atomic E-state index is 0.0448. The Kier molecular flexibility index (Phi) is 4.87. The van der Waals surface area contributed by atoms with Gasteiger partial charge in [0, 0.05) is 30.5 Å². The van der Waals surface area contributed by atoms with E-state index in [2.05, 4.69) is 0 Å². The summed E-state index contributed by atoms with van der Waals surface area (Å²) in [5, 5.41) is 9.69. The summed E-state index contributed by atoms with van der Waals surface area (Å²) in [6.45, 7) is 1.14. The maximum atomic E-state index is 13.1. The quantitative estimate of drug-likeness (QED) is 0.738. The lowest BCUT2D eigenvalue weighted by atomic mass is 10.0. The number of ether oxygens (including phenoxy) is 2. The topological polar surface area (TPSA) is 112 Å². The average Bonchev–Trinajstić information content (AvgIpc) is 3.54. The number of nitrogens with zero attached hydrogens (tertiary/aromatic N) is 1. The molecule has 0 amide bonds. The highest BCUT2D eigenvalue weighted by Crippen LogP contribution is 2.46. The van der Waals surface area contributed by atoms with Gasteiger partial charge < -0.3 is 19.1 Å². The van der Waals surface area contributed by atoms with Gasteiger partial charge in [0.25, 0.3) is 5.56 Å². The Morgan fingerprint density at radius 2 is 1.87 bits per heavy atom. The van der Waals surface area contributed by atoms with Crippen molar-refractivity contribution >= 4 is 27.4 Å². The lowest BCUT2D eigenvalue weighted by Crippen LogP contribution is -2.31. The zero-order valence-corrected chi connectivity index (χ0v) is 18.0. The first-order chi connectivity index (χ1) is 14.8. The molecule has 164 valence electrons. The zero-order chi connectivity index (χ0) is 21.9. The molecule has 10 heteroatoms. The van der Waals surface area contributed by atoms with Crippen molar-refractivity contribution in [3.8, 4) is 17.0 Å². The Morgan fingerprint density at radius 1 is 1.16 bits per heavy atom. The second-order valence-electron chi connectivity index (χ2n) is 8.11. The highest BCUT2D eigenvalue weighted by Gasteiger charge is 2.37. The van der Waals surface area contributed by atoms with E-state index >= 15 is 0 Å². The van der Waals surface area contributed by atoms with Gasteiger partial charge in [0.2, 0.25) is 0 Å². The van der Waals surface area contributed by atoms with E-state index < -0.39 is 26.9 Å². The number of carboxylic acids is 1. The molecule has 1 N–H and O–H groups in total. The van der Waals surface area contributed by atoms with E-state index in [4.69, 9.17) is 21.1 Å². The van der Waals surface area contributed by atoms with Crippen LogP contribution in [0.1, 0.15) is 47.6 Å². The van der Waals surface area contributed by atoms with Crippen molar-refractivity contribution in [2.24, 2.45) is 0 Å². The Bertz CT molecular complexity index is 1260. The molecular formula is C21H20ClNO7S. The molecule has 31 heavy (non-hydrogen) atoms. The first-order valence-corrected chi connectivity index (χ1v) is 12.1. The molecule has 8 nitrogen and oxygen atoms in total. The zero-order valence-electron chi connectivity index (χ0n) is 16.5. The Morgan fingerprint density at radius 3 is 2.52 bits per heavy atom. The predicted molar refractivity (Wildman–Crippen MR) is 112 cm³/mol. The fourth-order valence-corrected chi connectivity index (χ4v) is 6.03. The molecule has 1 saturated carbocycles. The fraction of sp³-hybridized carbons (Fsp3) is 0.429. The van der Waals surface area contributed by atoms with Crippen molar-refractivity contribution in [3.05, 3.63) is 44.7 Å². The van der Waals surface area contributed by atoms with Crippen LogP contribution in [0.2, 0.25) is 5.02 Å². The lowest BCUT2D eigenvalue weighted by Gasteiger charge is -2.27. The standard InChI is InChI=1S/C21H20ClNO7S/c22-16-8-14-18(9-17(16)30-13-3-5-29-6-4-13)31(27,28)10-11-7-15(21(25)26)20(24)23(19(11)14)12-1-2-12/h7-9,12-13H,1-6,10H2,(H,25,26). The van der Waals surface area contributed by atoms with E-state index in [1.54, 1.807) is 0 Å². The maximum absolute atomic E-state index is 13.1. The highest BCUT2D eigenvalue weighted by atomic mass is 35.5. The number of carboxylic acid groups (broad SMARTS) is 1. The molecule has 1 aromatic carbocycles. The van der Waals surface area contributed by atoms with Gasteiger partial charge in [-0.15, -0.1) is 0 Å². The first kappa shape index (κ1) is 20.5. The molecular weight excluding hydrogens is 446 g/mol. The third-order valence-corrected chi connectivity index (χ3v) is 7.88. The number of pyridine rings is 1. The van der Waals surface area contributed by atoms with Gasteiger partial charge in [0.1, 0.15) is 17.4 Å². The third kappa shape index (κ3) is 3.54. The van der Waals surface area contributed by atoms with Crippen molar-refractivity contribution in [1.82, 2.24) is 4.57 Å². The van der Waals surface area contributed by atoms with Gasteiger partial charge in [-0.2, -0.15) is 0 Å². The van der Waals surface area contributed by atoms with Crippen molar-refractivity contribution in [2.75, 3.05) is 13.2 Å². The van der Waals surface area contributed by atoms with Crippen LogP contribution >= 0.6 is 11.6 Å². The van der Waals surface area contributed by atoms with Gasteiger partial charge in [-0.25, -0.2) is 13.2 Å². The van der Waals surface area contributed by atoms with Gasteiger partial charge in [0.05, 0.1) is 34.6 Å². The second kappa shape index (κ2) is 7.36. The van der Waals surface area contributed by atoms with E-state index in [1.807, 2.05) is 0 Å². The summed E-state index contributed by atoms with van der Waals surface area (Å²) >= 11 is 6.48. The number of fused-ring (bicyclic) bond motifs is 3. The van der Waals surface area contributed by atoms with Gasteiger partial charge >= 0.3 is 5.97 Å². The van der Waals surface area contributed by atoms with Crippen LogP contribution in [0.25, 0.3) is 11.3 Å².